The van der Waals surface area contributed by atoms with Crippen molar-refractivity contribution in [3.63, 3.8) is 0 Å². The van der Waals surface area contributed by atoms with Crippen molar-refractivity contribution in [2.75, 3.05) is 45.9 Å². The van der Waals surface area contributed by atoms with E-state index in [0.717, 1.165) is 0 Å². The third-order valence-corrected chi connectivity index (χ3v) is 8.02. The van der Waals surface area contributed by atoms with Crippen molar-refractivity contribution in [3.8, 4) is 0 Å². The van der Waals surface area contributed by atoms with Crippen LogP contribution < -0.4 is 16.0 Å². The molecule has 48 heavy (non-hydrogen) atoms. The van der Waals surface area contributed by atoms with Gasteiger partial charge in [-0.15, -0.1) is 0 Å². The second-order valence-electron chi connectivity index (χ2n) is 11.8. The fourth-order valence-electron chi connectivity index (χ4n) is 5.05. The van der Waals surface area contributed by atoms with Crippen molar-refractivity contribution in [2.45, 2.75) is 121 Å². The molecular weight excluding hydrogens is 640 g/mol. The van der Waals surface area contributed by atoms with E-state index in [4.69, 9.17) is 18.9 Å². The summed E-state index contributed by atoms with van der Waals surface area (Å²) in [6, 6.07) is 0. The van der Waals surface area contributed by atoms with Crippen LogP contribution in [-0.4, -0.2) is 167 Å². The third kappa shape index (κ3) is 13.8. The average molecular weight is 695 g/mol. The number of hydrogen-bond acceptors (Lipinski definition) is 14. The first-order valence-electron chi connectivity index (χ1n) is 16.5. The summed E-state index contributed by atoms with van der Waals surface area (Å²) in [6.07, 6.45) is -11.1. The van der Waals surface area contributed by atoms with Gasteiger partial charge in [-0.05, 0) is 33.6 Å². The van der Waals surface area contributed by atoms with Crippen LogP contribution in [0.4, 0.5) is 0 Å². The third-order valence-electron chi connectivity index (χ3n) is 8.02. The van der Waals surface area contributed by atoms with E-state index in [1.807, 2.05) is 6.92 Å². The zero-order chi connectivity index (χ0) is 35.8. The number of nitrogens with zero attached hydrogens (tertiary/aromatic N) is 1. The van der Waals surface area contributed by atoms with Crippen LogP contribution in [0.5, 0.6) is 0 Å². The Labute approximate surface area is 280 Å². The van der Waals surface area contributed by atoms with E-state index in [0.29, 0.717) is 19.4 Å². The minimum atomic E-state index is -1.47. The molecule has 10 atom stereocenters. The summed E-state index contributed by atoms with van der Waals surface area (Å²) >= 11 is 0. The van der Waals surface area contributed by atoms with Crippen LogP contribution in [-0.2, 0) is 38.1 Å². The molecule has 18 nitrogen and oxygen atoms in total. The lowest BCUT2D eigenvalue weighted by Crippen LogP contribution is -2.57. The van der Waals surface area contributed by atoms with Gasteiger partial charge in [-0.3, -0.25) is 19.2 Å². The van der Waals surface area contributed by atoms with Crippen molar-refractivity contribution in [1.82, 2.24) is 20.9 Å². The SMILES string of the molecule is CCNC(=O)CCCCC(=O)N(CCC(=O)NCCO[C@@H]1O[C@@H](C)[C@@H](O)[C@@H](O)[C@@H]1O)CCC(=O)NCCO[C@@H]1O[C@@H](C)[C@@H](O)[C@@H](O)[C@@H]1O. The molecule has 18 heteroatoms. The highest BCUT2D eigenvalue weighted by Gasteiger charge is 2.43. The molecule has 0 aromatic rings. The molecule has 0 aromatic carbocycles. The largest absolute Gasteiger partial charge is 0.388 e. The Morgan fingerprint density at radius 1 is 0.604 bits per heavy atom. The molecule has 4 amide bonds. The van der Waals surface area contributed by atoms with Gasteiger partial charge in [-0.1, -0.05) is 0 Å². The lowest BCUT2D eigenvalue weighted by Gasteiger charge is -2.38. The van der Waals surface area contributed by atoms with E-state index in [1.165, 1.54) is 18.7 Å². The molecule has 0 radical (unpaired) electrons. The summed E-state index contributed by atoms with van der Waals surface area (Å²) in [5.41, 5.74) is 0. The summed E-state index contributed by atoms with van der Waals surface area (Å²) in [5, 5.41) is 67.3. The zero-order valence-electron chi connectivity index (χ0n) is 27.9. The maximum absolute atomic E-state index is 13.0. The fourth-order valence-corrected chi connectivity index (χ4v) is 5.05. The molecule has 0 bridgehead atoms. The van der Waals surface area contributed by atoms with Crippen molar-refractivity contribution < 1.29 is 68.8 Å². The Balaban J connectivity index is 1.78. The van der Waals surface area contributed by atoms with Crippen molar-refractivity contribution in [1.29, 1.82) is 0 Å². The van der Waals surface area contributed by atoms with E-state index in [2.05, 4.69) is 16.0 Å². The molecule has 0 aliphatic carbocycles. The van der Waals surface area contributed by atoms with Crippen LogP contribution >= 0.6 is 0 Å². The lowest BCUT2D eigenvalue weighted by atomic mass is 10.0. The lowest BCUT2D eigenvalue weighted by molar-refractivity contribution is -0.292. The topological polar surface area (TPSA) is 266 Å². The number of carbonyl (C=O) groups excluding carboxylic acids is 4. The van der Waals surface area contributed by atoms with Crippen LogP contribution in [0.25, 0.3) is 0 Å². The summed E-state index contributed by atoms with van der Waals surface area (Å²) in [7, 11) is 0. The Morgan fingerprint density at radius 3 is 1.46 bits per heavy atom. The second kappa shape index (κ2) is 21.5. The second-order valence-corrected chi connectivity index (χ2v) is 11.8. The van der Waals surface area contributed by atoms with Gasteiger partial charge in [0.2, 0.25) is 23.6 Å². The molecule has 2 rings (SSSR count). The molecule has 0 saturated carbocycles. The smallest absolute Gasteiger partial charge is 0.222 e. The number of nitrogens with one attached hydrogen (secondary N) is 3. The van der Waals surface area contributed by atoms with Gasteiger partial charge in [0.05, 0.1) is 25.4 Å². The highest BCUT2D eigenvalue weighted by molar-refractivity contribution is 5.80. The van der Waals surface area contributed by atoms with Crippen LogP contribution in [0.1, 0.15) is 59.3 Å². The summed E-state index contributed by atoms with van der Waals surface area (Å²) in [5.74, 6) is -1.19. The van der Waals surface area contributed by atoms with Crippen LogP contribution in [0.2, 0.25) is 0 Å². The standard InChI is InChI=1S/C30H54N4O14/c1-4-31-19(35)7-5-6-8-22(38)34(13-9-20(36)32-11-15-45-29-27(43)25(41)23(39)17(2)47-29)14-10-21(37)33-12-16-46-30-28(44)26(42)24(40)18(3)48-30/h17-18,23-30,39-44H,4-16H2,1-3H3,(H,31,35)(H,32,36)(H,33,37)/t17-,18-,23+,24+,25+,26+,27-,28-,29+,30+/m0/s1. The van der Waals surface area contributed by atoms with E-state index < -0.39 is 73.2 Å². The molecule has 0 unspecified atom stereocenters. The number of amides is 4. The summed E-state index contributed by atoms with van der Waals surface area (Å²) in [4.78, 5) is 51.1. The predicted molar refractivity (Wildman–Crippen MR) is 166 cm³/mol. The van der Waals surface area contributed by atoms with E-state index in [9.17, 15) is 49.8 Å². The molecule has 0 aromatic heterocycles. The number of aliphatic hydroxyl groups excluding tert-OH is 6. The average Bonchev–Trinajstić information content (AvgIpc) is 3.05. The van der Waals surface area contributed by atoms with Gasteiger partial charge < -0.3 is 70.4 Å². The first-order valence-corrected chi connectivity index (χ1v) is 16.5. The zero-order valence-corrected chi connectivity index (χ0v) is 27.9. The molecule has 0 spiro atoms. The van der Waals surface area contributed by atoms with Gasteiger partial charge in [-0.2, -0.15) is 0 Å². The van der Waals surface area contributed by atoms with Crippen molar-refractivity contribution >= 4 is 23.6 Å². The first-order chi connectivity index (χ1) is 22.8. The number of aliphatic hydroxyl groups is 6. The number of ether oxygens (including phenoxy) is 4. The van der Waals surface area contributed by atoms with E-state index in [-0.39, 0.29) is 76.9 Å². The molecule has 2 heterocycles. The molecule has 9 N–H and O–H groups in total. The summed E-state index contributed by atoms with van der Waals surface area (Å²) < 4.78 is 21.5. The van der Waals surface area contributed by atoms with Crippen molar-refractivity contribution in [3.05, 3.63) is 0 Å². The molecule has 2 fully saturated rings. The Bertz CT molecular complexity index is 951. The first kappa shape index (κ1) is 41.7. The maximum atomic E-state index is 13.0. The Kier molecular flexibility index (Phi) is 18.7. The molecular formula is C30H54N4O14. The predicted octanol–water partition coefficient (Wildman–Crippen LogP) is -3.79. The van der Waals surface area contributed by atoms with E-state index >= 15 is 0 Å². The highest BCUT2D eigenvalue weighted by Crippen LogP contribution is 2.22. The van der Waals surface area contributed by atoms with Crippen LogP contribution in [0.3, 0.4) is 0 Å². The Morgan fingerprint density at radius 2 is 1.02 bits per heavy atom. The van der Waals surface area contributed by atoms with Gasteiger partial charge in [-0.25, -0.2) is 0 Å². The number of unbranched alkanes of at least 4 members (excludes halogenated alkanes) is 1. The molecule has 2 aliphatic rings. The monoisotopic (exact) mass is 694 g/mol. The maximum Gasteiger partial charge on any atom is 0.222 e. The van der Waals surface area contributed by atoms with Gasteiger partial charge in [0.15, 0.2) is 12.6 Å². The van der Waals surface area contributed by atoms with Crippen LogP contribution in [0, 0.1) is 0 Å². The number of hydrogen-bond donors (Lipinski definition) is 9. The van der Waals surface area contributed by atoms with Crippen molar-refractivity contribution in [2.24, 2.45) is 0 Å². The van der Waals surface area contributed by atoms with Gasteiger partial charge >= 0.3 is 0 Å². The quantitative estimate of drug-likeness (QED) is 0.0554. The highest BCUT2D eigenvalue weighted by atomic mass is 16.7. The minimum absolute atomic E-state index is 0.0214. The van der Waals surface area contributed by atoms with Gasteiger partial charge in [0, 0.05) is 58.4 Å². The van der Waals surface area contributed by atoms with Gasteiger partial charge in [0.25, 0.3) is 0 Å². The van der Waals surface area contributed by atoms with E-state index in [1.54, 1.807) is 0 Å². The number of carbonyl (C=O) groups is 4. The van der Waals surface area contributed by atoms with Gasteiger partial charge in [0.1, 0.15) is 36.6 Å². The molecule has 2 aliphatic heterocycles. The Hall–Kier alpha value is -2.52. The normalized spacial score (nSPS) is 30.4. The molecule has 278 valence electrons. The number of rotatable bonds is 20. The fraction of sp³-hybridized carbons (Fsp3) is 0.867. The minimum Gasteiger partial charge on any atom is -0.388 e. The molecule has 2 saturated heterocycles. The van der Waals surface area contributed by atoms with Crippen LogP contribution in [0.15, 0.2) is 0 Å². The summed E-state index contributed by atoms with van der Waals surface area (Å²) in [6.45, 7) is 5.37.